The molecule has 26 heavy (non-hydrogen) atoms. The van der Waals surface area contributed by atoms with Gasteiger partial charge in [-0.25, -0.2) is 4.98 Å². The fourth-order valence-corrected chi connectivity index (χ4v) is 3.28. The Morgan fingerprint density at radius 3 is 2.85 bits per heavy atom. The van der Waals surface area contributed by atoms with Crippen LogP contribution in [0.25, 0.3) is 5.65 Å². The van der Waals surface area contributed by atoms with E-state index in [-0.39, 0.29) is 11.8 Å². The number of methoxy groups -OCH3 is 1. The van der Waals surface area contributed by atoms with Crippen molar-refractivity contribution >= 4 is 11.6 Å². The first kappa shape index (κ1) is 18.0. The molecule has 5 nitrogen and oxygen atoms in total. The average molecular weight is 351 g/mol. The number of amides is 1. The van der Waals surface area contributed by atoms with Crippen molar-refractivity contribution in [3.05, 3.63) is 65.6 Å². The Kier molecular flexibility index (Phi) is 5.56. The zero-order valence-electron chi connectivity index (χ0n) is 15.5. The van der Waals surface area contributed by atoms with E-state index in [9.17, 15) is 4.79 Å². The number of para-hydroxylation sites is 1. The molecule has 3 rings (SSSR count). The number of imidazole rings is 1. The summed E-state index contributed by atoms with van der Waals surface area (Å²) in [5.41, 5.74) is 3.99. The molecule has 0 fully saturated rings. The molecule has 1 aromatic carbocycles. The van der Waals surface area contributed by atoms with Crippen LogP contribution in [0.4, 0.5) is 0 Å². The van der Waals surface area contributed by atoms with Crippen molar-refractivity contribution in [2.75, 3.05) is 13.7 Å². The van der Waals surface area contributed by atoms with Crippen LogP contribution >= 0.6 is 0 Å². The molecule has 0 aliphatic carbocycles. The van der Waals surface area contributed by atoms with Crippen LogP contribution in [0.1, 0.15) is 42.5 Å². The normalized spacial score (nSPS) is 12.1. The summed E-state index contributed by atoms with van der Waals surface area (Å²) >= 11 is 0. The molecule has 2 aromatic heterocycles. The quantitative estimate of drug-likeness (QED) is 0.706. The third-order valence-electron chi connectivity index (χ3n) is 4.59. The van der Waals surface area contributed by atoms with Crippen LogP contribution in [0.3, 0.4) is 0 Å². The molecule has 0 aliphatic rings. The van der Waals surface area contributed by atoms with Crippen LogP contribution in [0, 0.1) is 6.92 Å². The number of carbonyl (C=O) groups is 1. The highest BCUT2D eigenvalue weighted by molar-refractivity contribution is 5.77. The summed E-state index contributed by atoms with van der Waals surface area (Å²) in [7, 11) is 1.66. The third kappa shape index (κ3) is 3.57. The highest BCUT2D eigenvalue weighted by atomic mass is 16.5. The minimum atomic E-state index is -0.139. The van der Waals surface area contributed by atoms with Crippen LogP contribution in [-0.2, 0) is 4.79 Å². The number of rotatable bonds is 7. The van der Waals surface area contributed by atoms with Crippen molar-refractivity contribution in [1.82, 2.24) is 14.7 Å². The fourth-order valence-electron chi connectivity index (χ4n) is 3.28. The Labute approximate surface area is 154 Å². The predicted octanol–water partition coefficient (Wildman–Crippen LogP) is 3.70. The minimum absolute atomic E-state index is 0.0327. The third-order valence-corrected chi connectivity index (χ3v) is 4.59. The Morgan fingerprint density at radius 2 is 2.08 bits per heavy atom. The second kappa shape index (κ2) is 8.04. The van der Waals surface area contributed by atoms with E-state index in [4.69, 9.17) is 4.74 Å². The summed E-state index contributed by atoms with van der Waals surface area (Å²) in [4.78, 5) is 17.1. The van der Waals surface area contributed by atoms with E-state index >= 15 is 0 Å². The predicted molar refractivity (Wildman–Crippen MR) is 103 cm³/mol. The van der Waals surface area contributed by atoms with Gasteiger partial charge in [-0.1, -0.05) is 31.2 Å². The van der Waals surface area contributed by atoms with Gasteiger partial charge >= 0.3 is 0 Å². The smallest absolute Gasteiger partial charge is 0.221 e. The molecule has 1 atom stereocenters. The van der Waals surface area contributed by atoms with Gasteiger partial charge in [0.15, 0.2) is 0 Å². The molecule has 0 aliphatic heterocycles. The van der Waals surface area contributed by atoms with Crippen molar-refractivity contribution in [1.29, 1.82) is 0 Å². The van der Waals surface area contributed by atoms with Gasteiger partial charge in [-0.3, -0.25) is 4.79 Å². The highest BCUT2D eigenvalue weighted by Gasteiger charge is 2.24. The molecule has 1 amide bonds. The van der Waals surface area contributed by atoms with Gasteiger partial charge in [0.1, 0.15) is 11.4 Å². The lowest BCUT2D eigenvalue weighted by Gasteiger charge is -2.20. The van der Waals surface area contributed by atoms with Crippen LogP contribution < -0.4 is 10.1 Å². The Balaban J connectivity index is 2.07. The zero-order chi connectivity index (χ0) is 18.5. The minimum Gasteiger partial charge on any atom is -0.496 e. The highest BCUT2D eigenvalue weighted by Crippen LogP contribution is 2.34. The summed E-state index contributed by atoms with van der Waals surface area (Å²) < 4.78 is 7.63. The molecule has 5 heteroatoms. The second-order valence-electron chi connectivity index (χ2n) is 6.42. The van der Waals surface area contributed by atoms with Gasteiger partial charge in [-0.05, 0) is 31.0 Å². The molecule has 0 bridgehead atoms. The molecule has 2 heterocycles. The number of hydrogen-bond acceptors (Lipinski definition) is 3. The maximum atomic E-state index is 12.5. The lowest BCUT2D eigenvalue weighted by molar-refractivity contribution is -0.121. The van der Waals surface area contributed by atoms with Gasteiger partial charge in [-0.2, -0.15) is 0 Å². The van der Waals surface area contributed by atoms with Gasteiger partial charge in [0, 0.05) is 36.8 Å². The Morgan fingerprint density at radius 1 is 1.27 bits per heavy atom. The van der Waals surface area contributed by atoms with Crippen LogP contribution in [-0.4, -0.2) is 28.9 Å². The van der Waals surface area contributed by atoms with E-state index in [0.29, 0.717) is 13.0 Å². The molecule has 3 aromatic rings. The number of pyridine rings is 1. The van der Waals surface area contributed by atoms with Crippen LogP contribution in [0.15, 0.2) is 48.8 Å². The number of ether oxygens (including phenoxy) is 1. The molecule has 136 valence electrons. The first-order valence-corrected chi connectivity index (χ1v) is 8.97. The van der Waals surface area contributed by atoms with Gasteiger partial charge in [-0.15, -0.1) is 0 Å². The van der Waals surface area contributed by atoms with Crippen molar-refractivity contribution in [3.8, 4) is 5.75 Å². The lowest BCUT2D eigenvalue weighted by atomic mass is 9.91. The SMILES string of the molecule is CCCNC(=O)CC(c1ccccc1OC)c1cnc2c(C)cccn12. The zero-order valence-corrected chi connectivity index (χ0v) is 15.5. The number of carbonyl (C=O) groups excluding carboxylic acids is 1. The number of nitrogens with one attached hydrogen (secondary N) is 1. The number of hydrogen-bond donors (Lipinski definition) is 1. The van der Waals surface area contributed by atoms with E-state index in [1.807, 2.05) is 62.6 Å². The number of nitrogens with zero attached hydrogens (tertiary/aromatic N) is 2. The van der Waals surface area contributed by atoms with E-state index in [1.165, 1.54) is 0 Å². The summed E-state index contributed by atoms with van der Waals surface area (Å²) in [5.74, 6) is 0.675. The molecule has 1 unspecified atom stereocenters. The maximum absolute atomic E-state index is 12.5. The summed E-state index contributed by atoms with van der Waals surface area (Å²) in [6.45, 7) is 4.77. The monoisotopic (exact) mass is 351 g/mol. The Bertz CT molecular complexity index is 901. The van der Waals surface area contributed by atoms with E-state index in [1.54, 1.807) is 7.11 Å². The van der Waals surface area contributed by atoms with Gasteiger partial charge in [0.25, 0.3) is 0 Å². The first-order chi connectivity index (χ1) is 12.7. The van der Waals surface area contributed by atoms with E-state index < -0.39 is 0 Å². The molecule has 0 saturated carbocycles. The summed E-state index contributed by atoms with van der Waals surface area (Å²) in [6.07, 6.45) is 5.13. The summed E-state index contributed by atoms with van der Waals surface area (Å²) in [5, 5.41) is 2.98. The molecule has 1 N–H and O–H groups in total. The number of aryl methyl sites for hydroxylation is 1. The topological polar surface area (TPSA) is 55.6 Å². The molecular formula is C21H25N3O2. The van der Waals surface area contributed by atoms with E-state index in [0.717, 1.165) is 34.6 Å². The molecule has 0 spiro atoms. The molecular weight excluding hydrogens is 326 g/mol. The summed E-state index contributed by atoms with van der Waals surface area (Å²) in [6, 6.07) is 11.9. The van der Waals surface area contributed by atoms with Crippen LogP contribution in [0.5, 0.6) is 5.75 Å². The van der Waals surface area contributed by atoms with Crippen molar-refractivity contribution < 1.29 is 9.53 Å². The first-order valence-electron chi connectivity index (χ1n) is 8.97. The van der Waals surface area contributed by atoms with Gasteiger partial charge in [0.2, 0.25) is 5.91 Å². The van der Waals surface area contributed by atoms with Crippen LogP contribution in [0.2, 0.25) is 0 Å². The molecule has 0 saturated heterocycles. The Hall–Kier alpha value is -2.82. The fraction of sp³-hybridized carbons (Fsp3) is 0.333. The standard InChI is InChI=1S/C21H25N3O2/c1-4-11-22-20(25)13-17(16-9-5-6-10-19(16)26-3)18-14-23-21-15(2)8-7-12-24(18)21/h5-10,12,14,17H,4,11,13H2,1-3H3,(H,22,25). The van der Waals surface area contributed by atoms with Crippen molar-refractivity contribution in [2.24, 2.45) is 0 Å². The number of fused-ring (bicyclic) bond motifs is 1. The number of benzene rings is 1. The molecule has 0 radical (unpaired) electrons. The van der Waals surface area contributed by atoms with Crippen molar-refractivity contribution in [3.63, 3.8) is 0 Å². The lowest BCUT2D eigenvalue weighted by Crippen LogP contribution is -2.26. The number of aromatic nitrogens is 2. The van der Waals surface area contributed by atoms with E-state index in [2.05, 4.69) is 14.7 Å². The van der Waals surface area contributed by atoms with Crippen molar-refractivity contribution in [2.45, 2.75) is 32.6 Å². The maximum Gasteiger partial charge on any atom is 0.221 e. The van der Waals surface area contributed by atoms with Gasteiger partial charge in [0.05, 0.1) is 12.8 Å². The second-order valence-corrected chi connectivity index (χ2v) is 6.42. The van der Waals surface area contributed by atoms with Gasteiger partial charge < -0.3 is 14.5 Å². The average Bonchev–Trinajstić information content (AvgIpc) is 3.09. The largest absolute Gasteiger partial charge is 0.496 e.